The van der Waals surface area contributed by atoms with Crippen LogP contribution in [0.3, 0.4) is 0 Å². The second kappa shape index (κ2) is 7.75. The molecule has 1 fully saturated rings. The highest BCUT2D eigenvalue weighted by Crippen LogP contribution is 2.39. The summed E-state index contributed by atoms with van der Waals surface area (Å²) in [6, 6.07) is 16.2. The summed E-state index contributed by atoms with van der Waals surface area (Å²) in [5.41, 5.74) is 2.11. The molecule has 0 aliphatic carbocycles. The van der Waals surface area contributed by atoms with E-state index in [1.165, 1.54) is 0 Å². The predicted octanol–water partition coefficient (Wildman–Crippen LogP) is 3.02. The molecule has 1 aliphatic heterocycles. The average Bonchev–Trinajstić information content (AvgIpc) is 3.38. The molecule has 1 unspecified atom stereocenters. The fourth-order valence-corrected chi connectivity index (χ4v) is 3.72. The molecule has 4 rings (SSSR count). The topological polar surface area (TPSA) is 65.3 Å². The largest absolute Gasteiger partial charge is 0.497 e. The second-order valence-corrected chi connectivity index (χ2v) is 6.58. The van der Waals surface area contributed by atoms with Gasteiger partial charge in [-0.1, -0.05) is 18.2 Å². The molecule has 0 radical (unpaired) electrons. The molecule has 7 nitrogen and oxygen atoms in total. The van der Waals surface area contributed by atoms with Crippen LogP contribution in [0, 0.1) is 0 Å². The first-order chi connectivity index (χ1) is 13.3. The Hall–Kier alpha value is -2.93. The lowest BCUT2D eigenvalue weighted by Crippen LogP contribution is -2.25. The van der Waals surface area contributed by atoms with E-state index in [1.807, 2.05) is 42.5 Å². The van der Waals surface area contributed by atoms with Crippen LogP contribution in [0.15, 0.2) is 48.5 Å². The van der Waals surface area contributed by atoms with Crippen LogP contribution in [0.4, 0.5) is 0 Å². The quantitative estimate of drug-likeness (QED) is 0.669. The van der Waals surface area contributed by atoms with Crippen LogP contribution in [-0.4, -0.2) is 45.9 Å². The standard InChI is InChI=1S/C20H23N5O2/c1-26-16-10-11-19(27-2)17(13-16)18-9-6-12-24(18)14-20-21-22-23-25(20)15-7-4-3-5-8-15/h3-5,7-8,10-11,13,18H,6,9,12,14H2,1-2H3. The van der Waals surface area contributed by atoms with Crippen molar-refractivity contribution in [2.24, 2.45) is 0 Å². The van der Waals surface area contributed by atoms with E-state index < -0.39 is 0 Å². The molecule has 0 amide bonds. The summed E-state index contributed by atoms with van der Waals surface area (Å²) in [6.07, 6.45) is 2.19. The Morgan fingerprint density at radius 1 is 1.07 bits per heavy atom. The van der Waals surface area contributed by atoms with E-state index in [0.717, 1.165) is 48.0 Å². The smallest absolute Gasteiger partial charge is 0.170 e. The molecule has 0 saturated carbocycles. The fourth-order valence-electron chi connectivity index (χ4n) is 3.72. The van der Waals surface area contributed by atoms with Gasteiger partial charge in [-0.15, -0.1) is 5.10 Å². The number of aromatic nitrogens is 4. The summed E-state index contributed by atoms with van der Waals surface area (Å²) in [4.78, 5) is 2.41. The molecular weight excluding hydrogens is 342 g/mol. The lowest BCUT2D eigenvalue weighted by atomic mass is 10.0. The third kappa shape index (κ3) is 3.50. The summed E-state index contributed by atoms with van der Waals surface area (Å²) >= 11 is 0. The summed E-state index contributed by atoms with van der Waals surface area (Å²) in [7, 11) is 3.40. The fraction of sp³-hybridized carbons (Fsp3) is 0.350. The molecular formula is C20H23N5O2. The van der Waals surface area contributed by atoms with Crippen molar-refractivity contribution in [3.63, 3.8) is 0 Å². The van der Waals surface area contributed by atoms with Gasteiger partial charge in [0.05, 0.1) is 26.5 Å². The number of nitrogens with zero attached hydrogens (tertiary/aromatic N) is 5. The van der Waals surface area contributed by atoms with Crippen molar-refractivity contribution in [1.29, 1.82) is 0 Å². The van der Waals surface area contributed by atoms with Crippen LogP contribution < -0.4 is 9.47 Å². The molecule has 2 heterocycles. The number of para-hydroxylation sites is 1. The van der Waals surface area contributed by atoms with Crippen molar-refractivity contribution in [2.45, 2.75) is 25.4 Å². The van der Waals surface area contributed by atoms with Crippen LogP contribution in [0.25, 0.3) is 5.69 Å². The number of hydrogen-bond donors (Lipinski definition) is 0. The first-order valence-corrected chi connectivity index (χ1v) is 9.09. The first-order valence-electron chi connectivity index (χ1n) is 9.09. The van der Waals surface area contributed by atoms with Crippen molar-refractivity contribution in [3.8, 4) is 17.2 Å². The van der Waals surface area contributed by atoms with Gasteiger partial charge in [-0.05, 0) is 60.1 Å². The molecule has 27 heavy (non-hydrogen) atoms. The number of tetrazole rings is 1. The summed E-state index contributed by atoms with van der Waals surface area (Å²) in [5.74, 6) is 2.55. The van der Waals surface area contributed by atoms with E-state index in [2.05, 4.69) is 26.5 Å². The Balaban J connectivity index is 1.62. The number of likely N-dealkylation sites (tertiary alicyclic amines) is 1. The van der Waals surface area contributed by atoms with Crippen LogP contribution in [0.1, 0.15) is 30.3 Å². The molecule has 3 aromatic rings. The van der Waals surface area contributed by atoms with Gasteiger partial charge in [-0.2, -0.15) is 4.68 Å². The maximum absolute atomic E-state index is 5.61. The van der Waals surface area contributed by atoms with E-state index in [1.54, 1.807) is 18.9 Å². The molecule has 1 atom stereocenters. The van der Waals surface area contributed by atoms with Crippen molar-refractivity contribution >= 4 is 0 Å². The van der Waals surface area contributed by atoms with Crippen LogP contribution in [0.2, 0.25) is 0 Å². The third-order valence-electron chi connectivity index (χ3n) is 5.04. The van der Waals surface area contributed by atoms with Gasteiger partial charge in [0, 0.05) is 11.6 Å². The summed E-state index contributed by atoms with van der Waals surface area (Å²) in [6.45, 7) is 1.67. The van der Waals surface area contributed by atoms with Gasteiger partial charge in [0.25, 0.3) is 0 Å². The zero-order chi connectivity index (χ0) is 18.6. The summed E-state index contributed by atoms with van der Waals surface area (Å²) < 4.78 is 12.8. The van der Waals surface area contributed by atoms with E-state index in [4.69, 9.17) is 9.47 Å². The van der Waals surface area contributed by atoms with E-state index in [-0.39, 0.29) is 6.04 Å². The van der Waals surface area contributed by atoms with Crippen molar-refractivity contribution in [1.82, 2.24) is 25.1 Å². The lowest BCUT2D eigenvalue weighted by Gasteiger charge is -2.26. The minimum atomic E-state index is 0.246. The third-order valence-corrected chi connectivity index (χ3v) is 5.04. The lowest BCUT2D eigenvalue weighted by molar-refractivity contribution is 0.234. The second-order valence-electron chi connectivity index (χ2n) is 6.58. The van der Waals surface area contributed by atoms with Crippen LogP contribution in [0.5, 0.6) is 11.5 Å². The molecule has 1 aromatic heterocycles. The normalized spacial score (nSPS) is 17.2. The minimum absolute atomic E-state index is 0.246. The Labute approximate surface area is 158 Å². The number of rotatable bonds is 6. The molecule has 140 valence electrons. The monoisotopic (exact) mass is 365 g/mol. The Bertz CT molecular complexity index is 896. The Morgan fingerprint density at radius 3 is 2.70 bits per heavy atom. The molecule has 7 heteroatoms. The van der Waals surface area contributed by atoms with Gasteiger partial charge < -0.3 is 9.47 Å². The van der Waals surface area contributed by atoms with Gasteiger partial charge in [-0.25, -0.2) is 0 Å². The molecule has 1 saturated heterocycles. The molecule has 0 N–H and O–H groups in total. The number of methoxy groups -OCH3 is 2. The highest BCUT2D eigenvalue weighted by atomic mass is 16.5. The summed E-state index contributed by atoms with van der Waals surface area (Å²) in [5, 5.41) is 12.3. The van der Waals surface area contributed by atoms with E-state index in [0.29, 0.717) is 6.54 Å². The zero-order valence-electron chi connectivity index (χ0n) is 15.6. The maximum atomic E-state index is 5.61. The van der Waals surface area contributed by atoms with Gasteiger partial charge in [-0.3, -0.25) is 4.90 Å². The van der Waals surface area contributed by atoms with Gasteiger partial charge in [0.2, 0.25) is 0 Å². The maximum Gasteiger partial charge on any atom is 0.170 e. The number of hydrogen-bond acceptors (Lipinski definition) is 6. The number of benzene rings is 2. The molecule has 0 spiro atoms. The molecule has 1 aliphatic rings. The van der Waals surface area contributed by atoms with Crippen LogP contribution in [-0.2, 0) is 6.54 Å². The van der Waals surface area contributed by atoms with Gasteiger partial charge in [0.1, 0.15) is 11.5 Å². The van der Waals surface area contributed by atoms with E-state index in [9.17, 15) is 0 Å². The van der Waals surface area contributed by atoms with Gasteiger partial charge in [0.15, 0.2) is 5.82 Å². The zero-order valence-corrected chi connectivity index (χ0v) is 15.6. The Kier molecular flexibility index (Phi) is 5.02. The van der Waals surface area contributed by atoms with Crippen molar-refractivity contribution in [3.05, 3.63) is 59.9 Å². The molecule has 0 bridgehead atoms. The Morgan fingerprint density at radius 2 is 1.93 bits per heavy atom. The average molecular weight is 365 g/mol. The predicted molar refractivity (Wildman–Crippen MR) is 101 cm³/mol. The van der Waals surface area contributed by atoms with Gasteiger partial charge >= 0.3 is 0 Å². The van der Waals surface area contributed by atoms with Crippen molar-refractivity contribution in [2.75, 3.05) is 20.8 Å². The minimum Gasteiger partial charge on any atom is -0.497 e. The molecule has 2 aromatic carbocycles. The highest BCUT2D eigenvalue weighted by molar-refractivity contribution is 5.42. The van der Waals surface area contributed by atoms with Crippen molar-refractivity contribution < 1.29 is 9.47 Å². The van der Waals surface area contributed by atoms with Crippen LogP contribution >= 0.6 is 0 Å². The SMILES string of the molecule is COc1ccc(OC)c(C2CCCN2Cc2nnnn2-c2ccccc2)c1. The highest BCUT2D eigenvalue weighted by Gasteiger charge is 2.30. The van der Waals surface area contributed by atoms with E-state index >= 15 is 0 Å². The number of ether oxygens (including phenoxy) is 2. The first kappa shape index (κ1) is 17.5.